The third kappa shape index (κ3) is 2.01. The molecule has 0 aliphatic carbocycles. The topological polar surface area (TPSA) is 26.9 Å². The van der Waals surface area contributed by atoms with Crippen LogP contribution in [0, 0.1) is 11.4 Å². The maximum absolute atomic E-state index is 10.1. The largest absolute Gasteiger partial charge is 1.00 e. The van der Waals surface area contributed by atoms with Crippen molar-refractivity contribution < 1.29 is 23.6 Å². The SMILES string of the molecule is [Li+].[O-][n+]1[c-]cccc1. The summed E-state index contributed by atoms with van der Waals surface area (Å²) in [5.41, 5.74) is 0. The summed E-state index contributed by atoms with van der Waals surface area (Å²) in [7, 11) is 0. The molecule has 1 rings (SSSR count). The normalized spacial score (nSPS) is 7.50. The summed E-state index contributed by atoms with van der Waals surface area (Å²) in [5.74, 6) is 0. The average molecular weight is 101 g/mol. The van der Waals surface area contributed by atoms with Gasteiger partial charge in [0.05, 0.1) is 6.20 Å². The first-order chi connectivity index (χ1) is 3.39. The van der Waals surface area contributed by atoms with Gasteiger partial charge in [-0.05, 0) is 0 Å². The monoisotopic (exact) mass is 101 g/mol. The summed E-state index contributed by atoms with van der Waals surface area (Å²) in [6.07, 6.45) is 3.78. The average Bonchev–Trinajstić information content (AvgIpc) is 1.69. The maximum atomic E-state index is 10.1. The molecule has 8 heavy (non-hydrogen) atoms. The molecular formula is C5H4LiNO. The van der Waals surface area contributed by atoms with Crippen molar-refractivity contribution in [3.63, 3.8) is 0 Å². The van der Waals surface area contributed by atoms with Crippen molar-refractivity contribution in [3.05, 3.63) is 35.8 Å². The molecule has 36 valence electrons. The summed E-state index contributed by atoms with van der Waals surface area (Å²) in [6.45, 7) is 0. The molecule has 0 N–H and O–H groups in total. The van der Waals surface area contributed by atoms with E-state index in [1.54, 1.807) is 18.2 Å². The van der Waals surface area contributed by atoms with Crippen LogP contribution in [0.5, 0.6) is 0 Å². The molecular weight excluding hydrogens is 97.0 g/mol. The van der Waals surface area contributed by atoms with Gasteiger partial charge in [0.1, 0.15) is 6.20 Å². The van der Waals surface area contributed by atoms with E-state index in [9.17, 15) is 5.21 Å². The number of hydrogen-bond acceptors (Lipinski definition) is 1. The molecule has 1 aromatic heterocycles. The molecule has 0 saturated carbocycles. The Labute approximate surface area is 59.9 Å². The van der Waals surface area contributed by atoms with Crippen LogP contribution in [0.1, 0.15) is 0 Å². The standard InChI is InChI=1S/C5H4NO.Li/c7-6-4-2-1-3-5-6;/h1-4H;/q-1;+1. The fraction of sp³-hybridized carbons (Fsp3) is 0. The van der Waals surface area contributed by atoms with Gasteiger partial charge in [0.25, 0.3) is 0 Å². The fourth-order valence-electron chi connectivity index (χ4n) is 0.343. The minimum absolute atomic E-state index is 0. The van der Waals surface area contributed by atoms with Crippen LogP contribution in [0.4, 0.5) is 0 Å². The van der Waals surface area contributed by atoms with Gasteiger partial charge in [0.15, 0.2) is 0 Å². The number of rotatable bonds is 0. The summed E-state index contributed by atoms with van der Waals surface area (Å²) < 4.78 is 0.625. The van der Waals surface area contributed by atoms with E-state index in [1.807, 2.05) is 0 Å². The molecule has 2 nitrogen and oxygen atoms in total. The van der Waals surface area contributed by atoms with Crippen LogP contribution < -0.4 is 23.6 Å². The summed E-state index contributed by atoms with van der Waals surface area (Å²) >= 11 is 0. The molecule has 0 bridgehead atoms. The van der Waals surface area contributed by atoms with Gasteiger partial charge in [0.2, 0.25) is 0 Å². The summed E-state index contributed by atoms with van der Waals surface area (Å²) in [5, 5.41) is 10.1. The third-order valence-electron chi connectivity index (χ3n) is 0.631. The van der Waals surface area contributed by atoms with Gasteiger partial charge in [-0.3, -0.25) is 4.73 Å². The van der Waals surface area contributed by atoms with Crippen molar-refractivity contribution in [2.24, 2.45) is 0 Å². The van der Waals surface area contributed by atoms with Crippen molar-refractivity contribution in [2.45, 2.75) is 0 Å². The van der Waals surface area contributed by atoms with Crippen molar-refractivity contribution in [1.29, 1.82) is 0 Å². The van der Waals surface area contributed by atoms with E-state index in [-0.39, 0.29) is 18.9 Å². The molecule has 0 unspecified atom stereocenters. The van der Waals surface area contributed by atoms with Gasteiger partial charge < -0.3 is 5.21 Å². The number of nitrogens with zero attached hydrogens (tertiary/aromatic N) is 1. The van der Waals surface area contributed by atoms with Crippen LogP contribution in [0.2, 0.25) is 0 Å². The van der Waals surface area contributed by atoms with Crippen molar-refractivity contribution in [2.75, 3.05) is 0 Å². The first-order valence-corrected chi connectivity index (χ1v) is 1.95. The number of hydrogen-bond donors (Lipinski definition) is 0. The van der Waals surface area contributed by atoms with Crippen molar-refractivity contribution in [1.82, 2.24) is 0 Å². The van der Waals surface area contributed by atoms with E-state index < -0.39 is 0 Å². The van der Waals surface area contributed by atoms with E-state index in [0.717, 1.165) is 0 Å². The Kier molecular flexibility index (Phi) is 3.34. The predicted octanol–water partition coefficient (Wildman–Crippen LogP) is -2.88. The molecule has 1 heterocycles. The Bertz CT molecular complexity index is 142. The molecule has 0 radical (unpaired) electrons. The molecule has 0 amide bonds. The van der Waals surface area contributed by atoms with Crippen LogP contribution >= 0.6 is 0 Å². The minimum atomic E-state index is 0. The van der Waals surface area contributed by atoms with Gasteiger partial charge in [-0.2, -0.15) is 6.07 Å². The Hall–Kier alpha value is -0.453. The summed E-state index contributed by atoms with van der Waals surface area (Å²) in [6, 6.07) is 4.96. The first-order valence-electron chi connectivity index (χ1n) is 1.95. The maximum Gasteiger partial charge on any atom is 1.00 e. The van der Waals surface area contributed by atoms with Gasteiger partial charge in [-0.1, -0.05) is 0 Å². The van der Waals surface area contributed by atoms with E-state index in [4.69, 9.17) is 0 Å². The Morgan fingerprint density at radius 3 is 2.38 bits per heavy atom. The van der Waals surface area contributed by atoms with Gasteiger partial charge in [-0.15, -0.1) is 12.1 Å². The Morgan fingerprint density at radius 2 is 2.12 bits per heavy atom. The van der Waals surface area contributed by atoms with Crippen LogP contribution in [0.3, 0.4) is 0 Å². The molecule has 0 aliphatic rings. The van der Waals surface area contributed by atoms with Gasteiger partial charge in [0, 0.05) is 0 Å². The fourth-order valence-corrected chi connectivity index (χ4v) is 0.343. The second-order valence-corrected chi connectivity index (χ2v) is 1.16. The van der Waals surface area contributed by atoms with Crippen LogP contribution in [0.25, 0.3) is 0 Å². The smallest absolute Gasteiger partial charge is 0.641 e. The second kappa shape index (κ2) is 3.54. The zero-order valence-electron chi connectivity index (χ0n) is 4.66. The van der Waals surface area contributed by atoms with Crippen molar-refractivity contribution in [3.8, 4) is 0 Å². The Balaban J connectivity index is 0.000000490. The molecule has 3 heteroatoms. The van der Waals surface area contributed by atoms with Gasteiger partial charge in [-0.25, -0.2) is 0 Å². The zero-order valence-corrected chi connectivity index (χ0v) is 4.66. The summed E-state index contributed by atoms with van der Waals surface area (Å²) in [4.78, 5) is 0. The zero-order chi connectivity index (χ0) is 5.11. The molecule has 0 spiro atoms. The van der Waals surface area contributed by atoms with E-state index in [1.165, 1.54) is 6.20 Å². The van der Waals surface area contributed by atoms with Crippen molar-refractivity contribution >= 4 is 0 Å². The molecule has 0 fully saturated rings. The van der Waals surface area contributed by atoms with E-state index in [2.05, 4.69) is 6.20 Å². The first kappa shape index (κ1) is 7.55. The molecule has 1 aromatic rings. The van der Waals surface area contributed by atoms with Crippen LogP contribution in [-0.4, -0.2) is 0 Å². The molecule has 0 saturated heterocycles. The molecule has 0 aromatic carbocycles. The predicted molar refractivity (Wildman–Crippen MR) is 24.2 cm³/mol. The molecule has 0 aliphatic heterocycles. The second-order valence-electron chi connectivity index (χ2n) is 1.16. The quantitative estimate of drug-likeness (QED) is 0.149. The van der Waals surface area contributed by atoms with Gasteiger partial charge >= 0.3 is 18.9 Å². The number of pyridine rings is 1. The third-order valence-corrected chi connectivity index (χ3v) is 0.631. The molecule has 0 atom stereocenters. The Morgan fingerprint density at radius 1 is 1.38 bits per heavy atom. The number of aromatic nitrogens is 1. The van der Waals surface area contributed by atoms with Crippen LogP contribution in [-0.2, 0) is 0 Å². The minimum Gasteiger partial charge on any atom is -0.641 e. The van der Waals surface area contributed by atoms with E-state index in [0.29, 0.717) is 4.73 Å². The van der Waals surface area contributed by atoms with Crippen LogP contribution in [0.15, 0.2) is 24.4 Å². The van der Waals surface area contributed by atoms with E-state index >= 15 is 0 Å².